The van der Waals surface area contributed by atoms with Crippen LogP contribution in [-0.2, 0) is 19.5 Å². The van der Waals surface area contributed by atoms with Gasteiger partial charge in [-0.25, -0.2) is 0 Å². The molecule has 1 N–H and O–H groups in total. The predicted molar refractivity (Wildman–Crippen MR) is 87.8 cm³/mol. The maximum absolute atomic E-state index is 4.67. The van der Waals surface area contributed by atoms with Crippen molar-refractivity contribution in [3.63, 3.8) is 0 Å². The van der Waals surface area contributed by atoms with E-state index in [4.69, 9.17) is 0 Å². The Balaban J connectivity index is 2.02. The van der Waals surface area contributed by atoms with Gasteiger partial charge in [-0.15, -0.1) is 0 Å². The lowest BCUT2D eigenvalue weighted by molar-refractivity contribution is 0.341. The third kappa shape index (κ3) is 3.11. The number of nitrogens with one attached hydrogen (secondary N) is 1. The summed E-state index contributed by atoms with van der Waals surface area (Å²) in [4.78, 5) is 0. The smallest absolute Gasteiger partial charge is 0.0767 e. The van der Waals surface area contributed by atoms with Crippen molar-refractivity contribution in [1.29, 1.82) is 0 Å². The van der Waals surface area contributed by atoms with Crippen LogP contribution in [-0.4, -0.2) is 15.8 Å². The summed E-state index contributed by atoms with van der Waals surface area (Å²) in [6.07, 6.45) is 5.00. The Bertz CT molecular complexity index is 441. The van der Waals surface area contributed by atoms with Crippen LogP contribution in [0.1, 0.15) is 58.3 Å². The zero-order valence-electron chi connectivity index (χ0n) is 13.2. The van der Waals surface area contributed by atoms with Crippen LogP contribution in [0.3, 0.4) is 0 Å². The zero-order valence-corrected chi connectivity index (χ0v) is 14.8. The quantitative estimate of drug-likeness (QED) is 0.842. The molecule has 3 unspecified atom stereocenters. The van der Waals surface area contributed by atoms with Crippen molar-refractivity contribution in [1.82, 2.24) is 15.1 Å². The molecule has 0 bridgehead atoms. The summed E-state index contributed by atoms with van der Waals surface area (Å²) in [6, 6.07) is 0.664. The van der Waals surface area contributed by atoms with E-state index in [0.717, 1.165) is 31.3 Å². The first-order chi connectivity index (χ1) is 9.62. The number of aromatic nitrogens is 2. The highest BCUT2D eigenvalue weighted by Gasteiger charge is 2.31. The highest BCUT2D eigenvalue weighted by Crippen LogP contribution is 2.34. The molecule has 1 heterocycles. The molecule has 1 fully saturated rings. The van der Waals surface area contributed by atoms with Gasteiger partial charge in [-0.1, -0.05) is 27.2 Å². The average molecular weight is 342 g/mol. The Morgan fingerprint density at radius 3 is 2.60 bits per heavy atom. The Morgan fingerprint density at radius 2 is 2.05 bits per heavy atom. The van der Waals surface area contributed by atoms with Gasteiger partial charge in [0, 0.05) is 19.1 Å². The van der Waals surface area contributed by atoms with Crippen molar-refractivity contribution >= 4 is 15.9 Å². The second-order valence-corrected chi connectivity index (χ2v) is 6.76. The minimum absolute atomic E-state index is 0.664. The third-order valence-corrected chi connectivity index (χ3v) is 5.89. The van der Waals surface area contributed by atoms with E-state index in [1.54, 1.807) is 0 Å². The Morgan fingerprint density at radius 1 is 1.30 bits per heavy atom. The number of halogens is 1. The van der Waals surface area contributed by atoms with Gasteiger partial charge in [0.1, 0.15) is 0 Å². The van der Waals surface area contributed by atoms with E-state index in [1.165, 1.54) is 35.1 Å². The van der Waals surface area contributed by atoms with Gasteiger partial charge in [-0.2, -0.15) is 5.10 Å². The molecular weight excluding hydrogens is 314 g/mol. The van der Waals surface area contributed by atoms with E-state index in [1.807, 2.05) is 0 Å². The van der Waals surface area contributed by atoms with Crippen LogP contribution in [0.15, 0.2) is 4.47 Å². The molecule has 0 aromatic carbocycles. The lowest BCUT2D eigenvalue weighted by Gasteiger charge is -2.21. The van der Waals surface area contributed by atoms with Crippen LogP contribution in [0.2, 0.25) is 0 Å². The van der Waals surface area contributed by atoms with Crippen molar-refractivity contribution in [2.75, 3.05) is 0 Å². The van der Waals surface area contributed by atoms with Crippen molar-refractivity contribution < 1.29 is 0 Å². The first kappa shape index (κ1) is 16.0. The van der Waals surface area contributed by atoms with E-state index < -0.39 is 0 Å². The Hall–Kier alpha value is -0.350. The fourth-order valence-corrected chi connectivity index (χ4v) is 4.23. The summed E-state index contributed by atoms with van der Waals surface area (Å²) >= 11 is 3.73. The number of hydrogen-bond donors (Lipinski definition) is 1. The molecule has 1 aliphatic carbocycles. The molecule has 0 saturated heterocycles. The second kappa shape index (κ2) is 7.08. The largest absolute Gasteiger partial charge is 0.308 e. The molecule has 0 amide bonds. The number of aryl methyl sites for hydroxylation is 2. The molecule has 0 radical (unpaired) electrons. The van der Waals surface area contributed by atoms with E-state index in [9.17, 15) is 0 Å². The molecule has 3 nitrogen and oxygen atoms in total. The first-order valence-electron chi connectivity index (χ1n) is 8.09. The highest BCUT2D eigenvalue weighted by molar-refractivity contribution is 9.10. The van der Waals surface area contributed by atoms with E-state index in [0.29, 0.717) is 6.04 Å². The molecule has 1 aliphatic rings. The fourth-order valence-electron chi connectivity index (χ4n) is 3.53. The second-order valence-electron chi connectivity index (χ2n) is 5.97. The highest BCUT2D eigenvalue weighted by atomic mass is 79.9. The molecule has 20 heavy (non-hydrogen) atoms. The summed E-state index contributed by atoms with van der Waals surface area (Å²) < 4.78 is 3.33. The molecule has 3 atom stereocenters. The van der Waals surface area contributed by atoms with Crippen molar-refractivity contribution in [2.45, 2.75) is 72.5 Å². The number of nitrogens with zero attached hydrogens (tertiary/aromatic N) is 2. The SMILES string of the molecule is CCc1nn(CC)c(CNC2CCC(CC)C2C)c1Br. The fraction of sp³-hybridized carbons (Fsp3) is 0.812. The van der Waals surface area contributed by atoms with Crippen LogP contribution < -0.4 is 5.32 Å². The Labute approximate surface area is 131 Å². The van der Waals surface area contributed by atoms with Crippen LogP contribution in [0, 0.1) is 11.8 Å². The number of hydrogen-bond acceptors (Lipinski definition) is 2. The van der Waals surface area contributed by atoms with Crippen molar-refractivity contribution in [2.24, 2.45) is 11.8 Å². The first-order valence-corrected chi connectivity index (χ1v) is 8.88. The maximum Gasteiger partial charge on any atom is 0.0767 e. The molecule has 1 aromatic heterocycles. The molecular formula is C16H28BrN3. The molecule has 4 heteroatoms. The van der Waals surface area contributed by atoms with E-state index in [2.05, 4.69) is 58.7 Å². The van der Waals surface area contributed by atoms with Gasteiger partial charge in [0.05, 0.1) is 15.9 Å². The van der Waals surface area contributed by atoms with Crippen LogP contribution in [0.4, 0.5) is 0 Å². The molecule has 0 spiro atoms. The zero-order chi connectivity index (χ0) is 14.7. The summed E-state index contributed by atoms with van der Waals surface area (Å²) in [5.41, 5.74) is 2.48. The van der Waals surface area contributed by atoms with Crippen LogP contribution in [0.25, 0.3) is 0 Å². The predicted octanol–water partition coefficient (Wildman–Crippen LogP) is 4.14. The van der Waals surface area contributed by atoms with E-state index >= 15 is 0 Å². The van der Waals surface area contributed by atoms with Gasteiger partial charge < -0.3 is 5.32 Å². The lowest BCUT2D eigenvalue weighted by atomic mass is 9.93. The van der Waals surface area contributed by atoms with Crippen molar-refractivity contribution in [3.05, 3.63) is 15.9 Å². The lowest BCUT2D eigenvalue weighted by Crippen LogP contribution is -2.33. The number of rotatable bonds is 6. The van der Waals surface area contributed by atoms with Gasteiger partial charge in [0.2, 0.25) is 0 Å². The van der Waals surface area contributed by atoms with E-state index in [-0.39, 0.29) is 0 Å². The summed E-state index contributed by atoms with van der Waals surface area (Å²) in [5, 5.41) is 8.45. The summed E-state index contributed by atoms with van der Waals surface area (Å²) in [6.45, 7) is 10.9. The molecule has 2 rings (SSSR count). The van der Waals surface area contributed by atoms with Crippen molar-refractivity contribution in [3.8, 4) is 0 Å². The van der Waals surface area contributed by atoms with Gasteiger partial charge in [0.25, 0.3) is 0 Å². The molecule has 1 aromatic rings. The summed E-state index contributed by atoms with van der Waals surface area (Å²) in [5.74, 6) is 1.70. The Kier molecular flexibility index (Phi) is 5.67. The van der Waals surface area contributed by atoms with Gasteiger partial charge in [-0.3, -0.25) is 4.68 Å². The topological polar surface area (TPSA) is 29.9 Å². The van der Waals surface area contributed by atoms with Crippen LogP contribution >= 0.6 is 15.9 Å². The maximum atomic E-state index is 4.67. The standard InChI is InChI=1S/C16H28BrN3/c1-5-12-8-9-14(11(12)4)18-10-15-16(17)13(6-2)19-20(15)7-3/h11-12,14,18H,5-10H2,1-4H3. The van der Waals surface area contributed by atoms with Gasteiger partial charge in [-0.05, 0) is 54.0 Å². The summed E-state index contributed by atoms with van der Waals surface area (Å²) in [7, 11) is 0. The van der Waals surface area contributed by atoms with Gasteiger partial charge in [0.15, 0.2) is 0 Å². The molecule has 0 aliphatic heterocycles. The monoisotopic (exact) mass is 341 g/mol. The minimum Gasteiger partial charge on any atom is -0.308 e. The average Bonchev–Trinajstić information content (AvgIpc) is 2.97. The third-order valence-electron chi connectivity index (χ3n) is 4.98. The van der Waals surface area contributed by atoms with Crippen LogP contribution in [0.5, 0.6) is 0 Å². The minimum atomic E-state index is 0.664. The molecule has 1 saturated carbocycles. The van der Waals surface area contributed by atoms with Gasteiger partial charge >= 0.3 is 0 Å². The normalized spacial score (nSPS) is 26.4. The molecule has 114 valence electrons.